The Balaban J connectivity index is 2.82. The van der Waals surface area contributed by atoms with E-state index in [1.165, 1.54) is 10.5 Å². The zero-order valence-electron chi connectivity index (χ0n) is 11.3. The van der Waals surface area contributed by atoms with Gasteiger partial charge in [0.15, 0.2) is 0 Å². The third-order valence-electron chi connectivity index (χ3n) is 2.68. The van der Waals surface area contributed by atoms with Crippen molar-refractivity contribution in [2.75, 3.05) is 26.7 Å². The summed E-state index contributed by atoms with van der Waals surface area (Å²) in [5.74, 6) is 2.35. The maximum absolute atomic E-state index is 12.3. The minimum atomic E-state index is -3.53. The normalized spacial score (nSPS) is 11.7. The maximum atomic E-state index is 12.3. The summed E-state index contributed by atoms with van der Waals surface area (Å²) in [4.78, 5) is 0.189. The Morgan fingerprint density at radius 2 is 2.32 bits per heavy atom. The minimum absolute atomic E-state index is 0.0732. The number of sulfonamides is 1. The van der Waals surface area contributed by atoms with Gasteiger partial charge in [0.25, 0.3) is 0 Å². The predicted molar refractivity (Wildman–Crippen MR) is 74.0 cm³/mol. The Bertz CT molecular complexity index is 530. The lowest BCUT2D eigenvalue weighted by Gasteiger charge is -2.16. The number of hydrogen-bond donors (Lipinski definition) is 1. The van der Waals surface area contributed by atoms with Gasteiger partial charge in [-0.15, -0.1) is 6.42 Å². The minimum Gasteiger partial charge on any atom is -0.320 e. The summed E-state index contributed by atoms with van der Waals surface area (Å²) in [6.07, 6.45) is 8.99. The zero-order chi connectivity index (χ0) is 14.3. The van der Waals surface area contributed by atoms with E-state index < -0.39 is 10.0 Å². The molecule has 1 N–H and O–H groups in total. The quantitative estimate of drug-likeness (QED) is 0.544. The summed E-state index contributed by atoms with van der Waals surface area (Å²) in [5.41, 5.74) is 0. The molecule has 0 aliphatic heterocycles. The van der Waals surface area contributed by atoms with E-state index in [9.17, 15) is 8.42 Å². The molecule has 0 saturated heterocycles. The Kier molecular flexibility index (Phi) is 6.02. The molecule has 0 atom stereocenters. The summed E-state index contributed by atoms with van der Waals surface area (Å²) in [6, 6.07) is 0. The molecule has 1 rings (SSSR count). The van der Waals surface area contributed by atoms with E-state index in [0.717, 1.165) is 13.0 Å². The van der Waals surface area contributed by atoms with Crippen LogP contribution in [0, 0.1) is 12.3 Å². The third kappa shape index (κ3) is 4.06. The first kappa shape index (κ1) is 15.7. The monoisotopic (exact) mass is 284 g/mol. The highest BCUT2D eigenvalue weighted by Crippen LogP contribution is 2.14. The predicted octanol–water partition coefficient (Wildman–Crippen LogP) is 0.136. The van der Waals surface area contributed by atoms with Crippen molar-refractivity contribution in [3.05, 3.63) is 12.4 Å². The smallest absolute Gasteiger partial charge is 0.247 e. The summed E-state index contributed by atoms with van der Waals surface area (Å²) >= 11 is 0. The Labute approximate surface area is 114 Å². The number of aromatic nitrogens is 2. The molecule has 0 aromatic carbocycles. The molecule has 19 heavy (non-hydrogen) atoms. The number of aryl methyl sites for hydroxylation is 1. The average Bonchev–Trinajstić information content (AvgIpc) is 2.85. The van der Waals surface area contributed by atoms with E-state index in [1.807, 2.05) is 7.05 Å². The number of hydrogen-bond acceptors (Lipinski definition) is 4. The van der Waals surface area contributed by atoms with Crippen molar-refractivity contribution >= 4 is 10.0 Å². The number of terminal acetylenes is 1. The van der Waals surface area contributed by atoms with Gasteiger partial charge >= 0.3 is 0 Å². The molecule has 0 radical (unpaired) electrons. The van der Waals surface area contributed by atoms with Crippen LogP contribution in [0.3, 0.4) is 0 Å². The van der Waals surface area contributed by atoms with Crippen molar-refractivity contribution in [2.24, 2.45) is 0 Å². The average molecular weight is 284 g/mol. The van der Waals surface area contributed by atoms with E-state index in [4.69, 9.17) is 6.42 Å². The van der Waals surface area contributed by atoms with Gasteiger partial charge in [-0.2, -0.15) is 9.40 Å². The molecule has 0 saturated carbocycles. The summed E-state index contributed by atoms with van der Waals surface area (Å²) in [5, 5.41) is 7.09. The lowest BCUT2D eigenvalue weighted by molar-refractivity contribution is 0.464. The lowest BCUT2D eigenvalue weighted by atomic mass is 10.4. The highest BCUT2D eigenvalue weighted by atomic mass is 32.2. The molecule has 0 aliphatic rings. The fraction of sp³-hybridized carbons (Fsp3) is 0.583. The molecule has 0 amide bonds. The Morgan fingerprint density at radius 3 is 2.89 bits per heavy atom. The van der Waals surface area contributed by atoms with Gasteiger partial charge in [0.1, 0.15) is 4.90 Å². The second kappa shape index (κ2) is 7.28. The first-order chi connectivity index (χ1) is 9.06. The molecule has 0 fully saturated rings. The van der Waals surface area contributed by atoms with Crippen LogP contribution in [0.2, 0.25) is 0 Å². The molecule has 106 valence electrons. The summed E-state index contributed by atoms with van der Waals surface area (Å²) in [7, 11) is -1.66. The first-order valence-corrected chi connectivity index (χ1v) is 7.61. The molecule has 1 aromatic rings. The van der Waals surface area contributed by atoms with Crippen LogP contribution in [-0.4, -0.2) is 49.2 Å². The molecule has 0 unspecified atom stereocenters. The standard InChI is InChI=1S/C12H20N4O2S/c1-4-8-16(5-2)19(17,18)12-10-14-15(11-12)9-6-7-13-3/h1,10-11,13H,5-9H2,2-3H3. The van der Waals surface area contributed by atoms with Crippen LogP contribution < -0.4 is 5.32 Å². The van der Waals surface area contributed by atoms with Crippen molar-refractivity contribution in [3.63, 3.8) is 0 Å². The third-order valence-corrected chi connectivity index (χ3v) is 4.56. The van der Waals surface area contributed by atoms with Crippen molar-refractivity contribution < 1.29 is 8.42 Å². The van der Waals surface area contributed by atoms with Crippen LogP contribution in [-0.2, 0) is 16.6 Å². The van der Waals surface area contributed by atoms with Gasteiger partial charge in [-0.1, -0.05) is 12.8 Å². The molecule has 1 heterocycles. The Hall–Kier alpha value is -1.36. The van der Waals surface area contributed by atoms with Crippen LogP contribution in [0.25, 0.3) is 0 Å². The molecule has 7 heteroatoms. The van der Waals surface area contributed by atoms with Crippen LogP contribution in [0.5, 0.6) is 0 Å². The van der Waals surface area contributed by atoms with Crippen LogP contribution in [0.4, 0.5) is 0 Å². The highest BCUT2D eigenvalue weighted by Gasteiger charge is 2.23. The molecule has 6 nitrogen and oxygen atoms in total. The van der Waals surface area contributed by atoms with Crippen LogP contribution in [0.15, 0.2) is 17.3 Å². The van der Waals surface area contributed by atoms with Gasteiger partial charge in [0.2, 0.25) is 10.0 Å². The highest BCUT2D eigenvalue weighted by molar-refractivity contribution is 7.89. The number of rotatable bonds is 8. The Morgan fingerprint density at radius 1 is 1.58 bits per heavy atom. The largest absolute Gasteiger partial charge is 0.320 e. The van der Waals surface area contributed by atoms with Crippen LogP contribution >= 0.6 is 0 Å². The van der Waals surface area contributed by atoms with Gasteiger partial charge in [-0.25, -0.2) is 8.42 Å². The van der Waals surface area contributed by atoms with Crippen LogP contribution in [0.1, 0.15) is 13.3 Å². The van der Waals surface area contributed by atoms with Gasteiger partial charge in [-0.05, 0) is 20.0 Å². The van der Waals surface area contributed by atoms with Gasteiger partial charge in [-0.3, -0.25) is 4.68 Å². The van der Waals surface area contributed by atoms with Gasteiger partial charge in [0, 0.05) is 19.3 Å². The molecular formula is C12H20N4O2S. The van der Waals surface area contributed by atoms with E-state index in [0.29, 0.717) is 13.1 Å². The number of nitrogens with one attached hydrogen (secondary N) is 1. The lowest BCUT2D eigenvalue weighted by Crippen LogP contribution is -2.31. The molecule has 1 aromatic heterocycles. The zero-order valence-corrected chi connectivity index (χ0v) is 12.2. The molecule has 0 spiro atoms. The van der Waals surface area contributed by atoms with Gasteiger partial charge in [0.05, 0.1) is 12.7 Å². The van der Waals surface area contributed by atoms with E-state index in [-0.39, 0.29) is 11.4 Å². The van der Waals surface area contributed by atoms with Crippen molar-refractivity contribution in [3.8, 4) is 12.3 Å². The second-order valence-electron chi connectivity index (χ2n) is 4.03. The maximum Gasteiger partial charge on any atom is 0.247 e. The van der Waals surface area contributed by atoms with E-state index in [2.05, 4.69) is 16.3 Å². The number of nitrogens with zero attached hydrogens (tertiary/aromatic N) is 3. The topological polar surface area (TPSA) is 67.2 Å². The summed E-state index contributed by atoms with van der Waals surface area (Å²) in [6.45, 7) is 3.71. The van der Waals surface area contributed by atoms with E-state index in [1.54, 1.807) is 17.8 Å². The fourth-order valence-corrected chi connectivity index (χ4v) is 2.95. The first-order valence-electron chi connectivity index (χ1n) is 6.17. The second-order valence-corrected chi connectivity index (χ2v) is 5.97. The van der Waals surface area contributed by atoms with Crippen molar-refractivity contribution in [2.45, 2.75) is 24.8 Å². The molecule has 0 bridgehead atoms. The fourth-order valence-electron chi connectivity index (χ4n) is 1.64. The van der Waals surface area contributed by atoms with E-state index >= 15 is 0 Å². The molecular weight excluding hydrogens is 264 g/mol. The van der Waals surface area contributed by atoms with Gasteiger partial charge < -0.3 is 5.32 Å². The molecule has 0 aliphatic carbocycles. The summed E-state index contributed by atoms with van der Waals surface area (Å²) < 4.78 is 27.4. The van der Waals surface area contributed by atoms with Crippen molar-refractivity contribution in [1.29, 1.82) is 0 Å². The SMILES string of the molecule is C#CCN(CC)S(=O)(=O)c1cnn(CCCNC)c1. The van der Waals surface area contributed by atoms with Crippen molar-refractivity contribution in [1.82, 2.24) is 19.4 Å².